The summed E-state index contributed by atoms with van der Waals surface area (Å²) in [5, 5.41) is 0. The van der Waals surface area contributed by atoms with Gasteiger partial charge in [0.25, 0.3) is 0 Å². The molecule has 0 heterocycles. The van der Waals surface area contributed by atoms with Crippen LogP contribution in [0.3, 0.4) is 0 Å². The summed E-state index contributed by atoms with van der Waals surface area (Å²) in [6, 6.07) is 49.4. The lowest BCUT2D eigenvalue weighted by Crippen LogP contribution is -2.58. The van der Waals surface area contributed by atoms with Crippen molar-refractivity contribution in [3.05, 3.63) is 173 Å². The largest absolute Gasteiger partial charge is 0.496 e. The van der Waals surface area contributed by atoms with E-state index in [2.05, 4.69) is 82.6 Å². The number of ether oxygens (including phenoxy) is 2. The van der Waals surface area contributed by atoms with Gasteiger partial charge in [0.1, 0.15) is 5.75 Å². The lowest BCUT2D eigenvalue weighted by Gasteiger charge is -2.45. The first-order chi connectivity index (χ1) is 22.1. The van der Waals surface area contributed by atoms with Crippen LogP contribution in [-0.2, 0) is 41.2 Å². The van der Waals surface area contributed by atoms with Crippen molar-refractivity contribution in [3.8, 4) is 5.75 Å². The molecule has 0 radical (unpaired) electrons. The quantitative estimate of drug-likeness (QED) is 0.115. The maximum absolute atomic E-state index is 14.8. The van der Waals surface area contributed by atoms with Gasteiger partial charge in [0.05, 0.1) is 13.7 Å². The fraction of sp³-hybridized carbons (Fsp3) is 0.225. The Balaban J connectivity index is 1.72. The van der Waals surface area contributed by atoms with Crippen molar-refractivity contribution in [1.82, 2.24) is 9.80 Å². The summed E-state index contributed by atoms with van der Waals surface area (Å²) < 4.78 is 12.1. The number of rotatable bonds is 15. The summed E-state index contributed by atoms with van der Waals surface area (Å²) in [5.74, 6) is 0.350. The molecule has 0 bridgehead atoms. The van der Waals surface area contributed by atoms with E-state index < -0.39 is 5.54 Å². The molecule has 0 N–H and O–H groups in total. The second kappa shape index (κ2) is 15.8. The normalized spacial score (nSPS) is 12.5. The zero-order valence-corrected chi connectivity index (χ0v) is 26.2. The molecule has 5 rings (SSSR count). The first-order valence-electron chi connectivity index (χ1n) is 15.6. The van der Waals surface area contributed by atoms with Crippen LogP contribution in [0.25, 0.3) is 0 Å². The van der Waals surface area contributed by atoms with E-state index in [9.17, 15) is 4.79 Å². The lowest BCUT2D eigenvalue weighted by molar-refractivity contribution is -0.162. The SMILES string of the molecule is CCOC(=O)C(CN(Cc1ccccc1)Cc1ccccc1)(c1ccccc1OC)N(Cc1ccccc1)Cc1ccccc1. The molecular formula is C40H42N2O3. The van der Waals surface area contributed by atoms with E-state index in [1.165, 1.54) is 11.1 Å². The molecule has 1 unspecified atom stereocenters. The van der Waals surface area contributed by atoms with E-state index in [0.717, 1.165) is 16.7 Å². The van der Waals surface area contributed by atoms with Crippen molar-refractivity contribution in [2.75, 3.05) is 20.3 Å². The molecule has 0 aromatic heterocycles. The molecule has 5 nitrogen and oxygen atoms in total. The summed E-state index contributed by atoms with van der Waals surface area (Å²) in [6.07, 6.45) is 0. The highest BCUT2D eigenvalue weighted by Gasteiger charge is 2.50. The van der Waals surface area contributed by atoms with Gasteiger partial charge >= 0.3 is 5.97 Å². The van der Waals surface area contributed by atoms with E-state index in [4.69, 9.17) is 9.47 Å². The predicted octanol–water partition coefficient (Wildman–Crippen LogP) is 7.86. The fourth-order valence-electron chi connectivity index (χ4n) is 6.00. The average molecular weight is 599 g/mol. The second-order valence-corrected chi connectivity index (χ2v) is 11.2. The van der Waals surface area contributed by atoms with E-state index in [0.29, 0.717) is 38.5 Å². The third-order valence-electron chi connectivity index (χ3n) is 8.09. The number of esters is 1. The number of hydrogen-bond donors (Lipinski definition) is 0. The maximum atomic E-state index is 14.8. The molecule has 45 heavy (non-hydrogen) atoms. The van der Waals surface area contributed by atoms with Crippen LogP contribution in [0.5, 0.6) is 5.75 Å². The van der Waals surface area contributed by atoms with Gasteiger partial charge in [-0.2, -0.15) is 0 Å². The van der Waals surface area contributed by atoms with Gasteiger partial charge in [-0.3, -0.25) is 9.80 Å². The number of nitrogens with zero attached hydrogens (tertiary/aromatic N) is 2. The highest BCUT2D eigenvalue weighted by Crippen LogP contribution is 2.40. The first kappa shape index (κ1) is 31.7. The average Bonchev–Trinajstić information content (AvgIpc) is 3.09. The van der Waals surface area contributed by atoms with Gasteiger partial charge in [0, 0.05) is 38.3 Å². The van der Waals surface area contributed by atoms with Crippen LogP contribution < -0.4 is 4.74 Å². The predicted molar refractivity (Wildman–Crippen MR) is 180 cm³/mol. The number of para-hydroxylation sites is 1. The molecule has 0 fully saturated rings. The van der Waals surface area contributed by atoms with Crippen LogP contribution in [0.2, 0.25) is 0 Å². The molecule has 0 aliphatic rings. The molecule has 0 saturated carbocycles. The molecule has 5 heteroatoms. The summed E-state index contributed by atoms with van der Waals surface area (Å²) in [4.78, 5) is 19.5. The van der Waals surface area contributed by atoms with Crippen molar-refractivity contribution in [1.29, 1.82) is 0 Å². The number of benzene rings is 5. The van der Waals surface area contributed by atoms with Crippen molar-refractivity contribution in [3.63, 3.8) is 0 Å². The van der Waals surface area contributed by atoms with Gasteiger partial charge in [0.15, 0.2) is 5.54 Å². The van der Waals surface area contributed by atoms with Gasteiger partial charge in [-0.05, 0) is 35.2 Å². The molecule has 0 amide bonds. The highest BCUT2D eigenvalue weighted by molar-refractivity contribution is 5.84. The van der Waals surface area contributed by atoms with E-state index >= 15 is 0 Å². The number of carbonyl (C=O) groups excluding carboxylic acids is 1. The molecule has 0 aliphatic heterocycles. The van der Waals surface area contributed by atoms with Crippen LogP contribution in [0.4, 0.5) is 0 Å². The molecule has 5 aromatic rings. The first-order valence-corrected chi connectivity index (χ1v) is 15.6. The zero-order chi connectivity index (χ0) is 31.3. The Hall–Kier alpha value is -4.71. The monoisotopic (exact) mass is 598 g/mol. The Kier molecular flexibility index (Phi) is 11.2. The van der Waals surface area contributed by atoms with Crippen LogP contribution in [-0.4, -0.2) is 36.0 Å². The maximum Gasteiger partial charge on any atom is 0.332 e. The van der Waals surface area contributed by atoms with Crippen LogP contribution >= 0.6 is 0 Å². The zero-order valence-electron chi connectivity index (χ0n) is 26.2. The van der Waals surface area contributed by atoms with Crippen molar-refractivity contribution in [2.45, 2.75) is 38.6 Å². The molecule has 0 saturated heterocycles. The minimum atomic E-state index is -1.22. The standard InChI is InChI=1S/C40H42N2O3/c1-3-45-39(43)40(37-26-16-17-27-38(37)44-2,42(30-35-22-12-6-13-23-35)31-36-24-14-7-15-25-36)32-41(28-33-18-8-4-9-19-33)29-34-20-10-5-11-21-34/h4-27H,3,28-32H2,1-2H3. The van der Waals surface area contributed by atoms with E-state index in [1.807, 2.05) is 79.7 Å². The lowest BCUT2D eigenvalue weighted by atomic mass is 9.84. The van der Waals surface area contributed by atoms with Crippen molar-refractivity contribution >= 4 is 5.97 Å². The van der Waals surface area contributed by atoms with Crippen LogP contribution in [0, 0.1) is 0 Å². The molecule has 5 aromatic carbocycles. The third kappa shape index (κ3) is 8.07. The highest BCUT2D eigenvalue weighted by atomic mass is 16.5. The number of carbonyl (C=O) groups is 1. The molecule has 230 valence electrons. The number of hydrogen-bond acceptors (Lipinski definition) is 5. The molecular weight excluding hydrogens is 556 g/mol. The minimum absolute atomic E-state index is 0.262. The Morgan fingerprint density at radius 2 is 0.978 bits per heavy atom. The Bertz CT molecular complexity index is 1510. The molecule has 0 aliphatic carbocycles. The van der Waals surface area contributed by atoms with E-state index in [-0.39, 0.29) is 12.6 Å². The summed E-state index contributed by atoms with van der Waals surface area (Å²) >= 11 is 0. The second-order valence-electron chi connectivity index (χ2n) is 11.2. The van der Waals surface area contributed by atoms with Crippen molar-refractivity contribution < 1.29 is 14.3 Å². The van der Waals surface area contributed by atoms with Crippen LogP contribution in [0.1, 0.15) is 34.7 Å². The topological polar surface area (TPSA) is 42.0 Å². The Morgan fingerprint density at radius 3 is 1.40 bits per heavy atom. The van der Waals surface area contributed by atoms with Gasteiger partial charge < -0.3 is 9.47 Å². The van der Waals surface area contributed by atoms with E-state index in [1.54, 1.807) is 7.11 Å². The summed E-state index contributed by atoms with van der Waals surface area (Å²) in [6.45, 7) is 4.85. The summed E-state index contributed by atoms with van der Waals surface area (Å²) in [7, 11) is 1.67. The van der Waals surface area contributed by atoms with Crippen LogP contribution in [0.15, 0.2) is 146 Å². The number of methoxy groups -OCH3 is 1. The Morgan fingerprint density at radius 1 is 0.578 bits per heavy atom. The van der Waals surface area contributed by atoms with Gasteiger partial charge in [-0.25, -0.2) is 4.79 Å². The van der Waals surface area contributed by atoms with Crippen molar-refractivity contribution in [2.24, 2.45) is 0 Å². The smallest absolute Gasteiger partial charge is 0.332 e. The van der Waals surface area contributed by atoms with Gasteiger partial charge in [0.2, 0.25) is 0 Å². The fourth-order valence-corrected chi connectivity index (χ4v) is 6.00. The third-order valence-corrected chi connectivity index (χ3v) is 8.09. The summed E-state index contributed by atoms with van der Waals surface area (Å²) in [5.41, 5.74) is 4.11. The minimum Gasteiger partial charge on any atom is -0.496 e. The van der Waals surface area contributed by atoms with Gasteiger partial charge in [-0.1, -0.05) is 140 Å². The van der Waals surface area contributed by atoms with Gasteiger partial charge in [-0.15, -0.1) is 0 Å². The molecule has 1 atom stereocenters. The Labute approximate surface area is 267 Å². The molecule has 0 spiro atoms.